The van der Waals surface area contributed by atoms with E-state index < -0.39 is 11.7 Å². The van der Waals surface area contributed by atoms with Crippen LogP contribution in [0.25, 0.3) is 11.0 Å². The predicted molar refractivity (Wildman–Crippen MR) is 86.2 cm³/mol. The molecule has 2 heterocycles. The number of likely N-dealkylation sites (tertiary alicyclic amines) is 1. The summed E-state index contributed by atoms with van der Waals surface area (Å²) >= 11 is 0. The number of aryl methyl sites for hydroxylation is 2. The van der Waals surface area contributed by atoms with Crippen LogP contribution in [-0.4, -0.2) is 55.8 Å². The molecule has 0 radical (unpaired) electrons. The van der Waals surface area contributed by atoms with Crippen molar-refractivity contribution in [3.05, 3.63) is 35.2 Å². The molecule has 3 rings (SSSR count). The van der Waals surface area contributed by atoms with Crippen molar-refractivity contribution in [1.82, 2.24) is 14.9 Å². The van der Waals surface area contributed by atoms with E-state index in [2.05, 4.69) is 9.97 Å². The Kier molecular flexibility index (Phi) is 3.82. The highest BCUT2D eigenvalue weighted by Gasteiger charge is 2.38. The minimum Gasteiger partial charge on any atom is -0.388 e. The van der Waals surface area contributed by atoms with Gasteiger partial charge in [0.05, 0.1) is 34.1 Å². The smallest absolute Gasteiger partial charge is 0.254 e. The average Bonchev–Trinajstić information content (AvgIpc) is 2.50. The molecular formula is C17H21N3O3. The third kappa shape index (κ3) is 2.92. The quantitative estimate of drug-likeness (QED) is 0.826. The molecule has 1 aromatic heterocycles. The van der Waals surface area contributed by atoms with Gasteiger partial charge in [-0.05, 0) is 45.4 Å². The summed E-state index contributed by atoms with van der Waals surface area (Å²) < 4.78 is 0. The van der Waals surface area contributed by atoms with Crippen molar-refractivity contribution in [2.45, 2.75) is 38.9 Å². The zero-order valence-corrected chi connectivity index (χ0v) is 13.6. The number of nitrogens with zero attached hydrogens (tertiary/aromatic N) is 3. The number of hydrogen-bond donors (Lipinski definition) is 2. The van der Waals surface area contributed by atoms with Gasteiger partial charge >= 0.3 is 0 Å². The first-order valence-electron chi connectivity index (χ1n) is 7.72. The third-order valence-corrected chi connectivity index (χ3v) is 4.61. The molecule has 2 N–H and O–H groups in total. The Bertz CT molecular complexity index is 773. The predicted octanol–water partition coefficient (Wildman–Crippen LogP) is 1.20. The number of aromatic nitrogens is 2. The van der Waals surface area contributed by atoms with Crippen molar-refractivity contribution in [3.8, 4) is 0 Å². The van der Waals surface area contributed by atoms with Gasteiger partial charge in [-0.25, -0.2) is 9.97 Å². The second-order valence-electron chi connectivity index (χ2n) is 6.47. The molecule has 6 heteroatoms. The first-order valence-corrected chi connectivity index (χ1v) is 7.72. The lowest BCUT2D eigenvalue weighted by Crippen LogP contribution is -2.55. The van der Waals surface area contributed by atoms with Crippen molar-refractivity contribution >= 4 is 16.9 Å². The van der Waals surface area contributed by atoms with Crippen LogP contribution >= 0.6 is 0 Å². The number of rotatable bonds is 1. The van der Waals surface area contributed by atoms with Crippen LogP contribution in [-0.2, 0) is 0 Å². The van der Waals surface area contributed by atoms with E-state index in [0.717, 1.165) is 16.9 Å². The third-order valence-electron chi connectivity index (χ3n) is 4.61. The van der Waals surface area contributed by atoms with Crippen molar-refractivity contribution < 1.29 is 15.0 Å². The van der Waals surface area contributed by atoms with E-state index in [1.807, 2.05) is 13.8 Å². The number of hydrogen-bond acceptors (Lipinski definition) is 5. The van der Waals surface area contributed by atoms with Gasteiger partial charge in [0.1, 0.15) is 0 Å². The minimum atomic E-state index is -1.14. The van der Waals surface area contributed by atoms with E-state index in [1.54, 1.807) is 30.0 Å². The van der Waals surface area contributed by atoms with Gasteiger partial charge in [-0.1, -0.05) is 0 Å². The highest BCUT2D eigenvalue weighted by Crippen LogP contribution is 2.24. The Morgan fingerprint density at radius 3 is 2.57 bits per heavy atom. The molecule has 0 aliphatic carbocycles. The summed E-state index contributed by atoms with van der Waals surface area (Å²) in [5.74, 6) is -0.165. The maximum atomic E-state index is 12.6. The summed E-state index contributed by atoms with van der Waals surface area (Å²) in [5.41, 5.74) is 2.53. The maximum absolute atomic E-state index is 12.6. The number of piperidine rings is 1. The Balaban J connectivity index is 1.88. The van der Waals surface area contributed by atoms with Crippen molar-refractivity contribution in [2.24, 2.45) is 0 Å². The lowest BCUT2D eigenvalue weighted by atomic mass is 9.90. The van der Waals surface area contributed by atoms with Crippen LogP contribution < -0.4 is 0 Å². The van der Waals surface area contributed by atoms with Gasteiger partial charge in [0.25, 0.3) is 5.91 Å². The van der Waals surface area contributed by atoms with Gasteiger partial charge in [0, 0.05) is 18.7 Å². The number of β-amino-alcohol motifs (C(OH)–C–C–N with tert-alkyl or cyclic N) is 1. The topological polar surface area (TPSA) is 86.6 Å². The fourth-order valence-corrected chi connectivity index (χ4v) is 2.76. The second-order valence-corrected chi connectivity index (χ2v) is 6.47. The largest absolute Gasteiger partial charge is 0.388 e. The monoisotopic (exact) mass is 315 g/mol. The molecule has 122 valence electrons. The fourth-order valence-electron chi connectivity index (χ4n) is 2.76. The molecule has 1 aromatic carbocycles. The second kappa shape index (κ2) is 5.54. The van der Waals surface area contributed by atoms with Crippen LogP contribution in [0.3, 0.4) is 0 Å². The zero-order chi connectivity index (χ0) is 16.8. The number of fused-ring (bicyclic) bond motifs is 1. The standard InChI is InChI=1S/C17H21N3O3/c1-10-11(2)19-14-8-12(4-5-13(14)18-10)16(22)20-7-6-17(3,23)15(21)9-20/h4-5,8,15,21,23H,6-7,9H2,1-3H3/t15-,17-/m0/s1. The molecule has 2 atom stereocenters. The van der Waals surface area contributed by atoms with Crippen molar-refractivity contribution in [3.63, 3.8) is 0 Å². The average molecular weight is 315 g/mol. The van der Waals surface area contributed by atoms with Crippen molar-refractivity contribution in [1.29, 1.82) is 0 Å². The van der Waals surface area contributed by atoms with E-state index in [1.165, 1.54) is 0 Å². The molecule has 0 bridgehead atoms. The van der Waals surface area contributed by atoms with Crippen LogP contribution in [0.2, 0.25) is 0 Å². The molecule has 6 nitrogen and oxygen atoms in total. The van der Waals surface area contributed by atoms with Gasteiger partial charge in [-0.2, -0.15) is 0 Å². The Morgan fingerprint density at radius 2 is 1.91 bits per heavy atom. The van der Waals surface area contributed by atoms with Crippen LogP contribution in [0.5, 0.6) is 0 Å². The Morgan fingerprint density at radius 1 is 1.26 bits per heavy atom. The van der Waals surface area contributed by atoms with E-state index in [4.69, 9.17) is 0 Å². The summed E-state index contributed by atoms with van der Waals surface area (Å²) in [4.78, 5) is 23.1. The van der Waals surface area contributed by atoms with E-state index in [-0.39, 0.29) is 12.5 Å². The van der Waals surface area contributed by atoms with Crippen molar-refractivity contribution in [2.75, 3.05) is 13.1 Å². The normalized spacial score (nSPS) is 24.9. The maximum Gasteiger partial charge on any atom is 0.254 e. The molecule has 1 aliphatic rings. The van der Waals surface area contributed by atoms with E-state index >= 15 is 0 Å². The first kappa shape index (κ1) is 15.8. The Labute approximate surface area is 134 Å². The molecule has 1 amide bonds. The SMILES string of the molecule is Cc1nc2ccc(C(=O)N3CC[C@](C)(O)[C@@H](O)C3)cc2nc1C. The van der Waals surface area contributed by atoms with Crippen LogP contribution in [0.4, 0.5) is 0 Å². The van der Waals surface area contributed by atoms with Crippen LogP contribution in [0.15, 0.2) is 18.2 Å². The molecular weight excluding hydrogens is 294 g/mol. The molecule has 1 saturated heterocycles. The van der Waals surface area contributed by atoms with E-state index in [9.17, 15) is 15.0 Å². The number of aliphatic hydroxyl groups excluding tert-OH is 1. The zero-order valence-electron chi connectivity index (χ0n) is 13.6. The lowest BCUT2D eigenvalue weighted by molar-refractivity contribution is -0.0999. The minimum absolute atomic E-state index is 0.127. The van der Waals surface area contributed by atoms with Gasteiger partial charge in [0.15, 0.2) is 0 Å². The summed E-state index contributed by atoms with van der Waals surface area (Å²) in [6.07, 6.45) is -0.587. The summed E-state index contributed by atoms with van der Waals surface area (Å²) in [6, 6.07) is 5.25. The van der Waals surface area contributed by atoms with Gasteiger partial charge < -0.3 is 15.1 Å². The summed E-state index contributed by atoms with van der Waals surface area (Å²) in [6.45, 7) is 5.93. The highest BCUT2D eigenvalue weighted by molar-refractivity contribution is 5.97. The highest BCUT2D eigenvalue weighted by atomic mass is 16.3. The van der Waals surface area contributed by atoms with Gasteiger partial charge in [0.2, 0.25) is 0 Å². The molecule has 1 fully saturated rings. The number of benzene rings is 1. The molecule has 0 unspecified atom stereocenters. The molecule has 0 saturated carbocycles. The summed E-state index contributed by atoms with van der Waals surface area (Å²) in [5, 5.41) is 20.0. The number of amides is 1. The molecule has 1 aliphatic heterocycles. The molecule has 2 aromatic rings. The fraction of sp³-hybridized carbons (Fsp3) is 0.471. The summed E-state index contributed by atoms with van der Waals surface area (Å²) in [7, 11) is 0. The van der Waals surface area contributed by atoms with Gasteiger partial charge in [-0.15, -0.1) is 0 Å². The number of aliphatic hydroxyl groups is 2. The van der Waals surface area contributed by atoms with Gasteiger partial charge in [-0.3, -0.25) is 4.79 Å². The molecule has 0 spiro atoms. The van der Waals surface area contributed by atoms with Crippen LogP contribution in [0.1, 0.15) is 35.1 Å². The number of carbonyl (C=O) groups is 1. The van der Waals surface area contributed by atoms with E-state index in [0.29, 0.717) is 24.0 Å². The molecule has 23 heavy (non-hydrogen) atoms. The lowest BCUT2D eigenvalue weighted by Gasteiger charge is -2.39. The number of carbonyl (C=O) groups excluding carboxylic acids is 1. The Hall–Kier alpha value is -2.05. The first-order chi connectivity index (χ1) is 10.8. The van der Waals surface area contributed by atoms with Crippen LogP contribution in [0, 0.1) is 13.8 Å².